The lowest BCUT2D eigenvalue weighted by atomic mass is 10.2. The quantitative estimate of drug-likeness (QED) is 0.275. The Hall–Kier alpha value is -5.32. The Balaban J connectivity index is 1.36. The molecule has 0 spiro atoms. The van der Waals surface area contributed by atoms with Gasteiger partial charge in [0.25, 0.3) is 11.6 Å². The Bertz CT molecular complexity index is 1480. The third-order valence-electron chi connectivity index (χ3n) is 5.17. The summed E-state index contributed by atoms with van der Waals surface area (Å²) < 4.78 is 3.26. The first-order valence-corrected chi connectivity index (χ1v) is 10.5. The number of para-hydroxylation sites is 1. The summed E-state index contributed by atoms with van der Waals surface area (Å²) in [5, 5.41) is 23.5. The van der Waals surface area contributed by atoms with Crippen molar-refractivity contribution in [1.82, 2.24) is 30.0 Å². The SMILES string of the molecule is O=C(NNc1nnc(-c2ccccc2)n1-c1ccccc1)c1cnn(-c2ccc([N+](=O)[O-])cc2)c1. The second kappa shape index (κ2) is 9.27. The minimum Gasteiger partial charge on any atom is -0.267 e. The number of anilines is 1. The highest BCUT2D eigenvalue weighted by atomic mass is 16.6. The van der Waals surface area contributed by atoms with Crippen molar-refractivity contribution in [1.29, 1.82) is 0 Å². The molecule has 2 N–H and O–H groups in total. The number of aromatic nitrogens is 5. The van der Waals surface area contributed by atoms with E-state index < -0.39 is 10.8 Å². The molecule has 0 atom stereocenters. The molecule has 0 aliphatic rings. The summed E-state index contributed by atoms with van der Waals surface area (Å²) in [5.41, 5.74) is 8.00. The van der Waals surface area contributed by atoms with Gasteiger partial charge < -0.3 is 0 Å². The van der Waals surface area contributed by atoms with E-state index in [0.29, 0.717) is 17.5 Å². The monoisotopic (exact) mass is 466 g/mol. The average molecular weight is 466 g/mol. The van der Waals surface area contributed by atoms with Crippen LogP contribution in [0.3, 0.4) is 0 Å². The van der Waals surface area contributed by atoms with Gasteiger partial charge in [-0.15, -0.1) is 10.2 Å². The highest BCUT2D eigenvalue weighted by molar-refractivity contribution is 5.94. The van der Waals surface area contributed by atoms with Gasteiger partial charge in [0.2, 0.25) is 5.95 Å². The standard InChI is InChI=1S/C24H18N8O3/c33-23(18-15-25-30(16-18)19-11-13-21(14-12-19)32(34)35)27-29-24-28-26-22(17-7-3-1-4-8-17)31(24)20-9-5-2-6-10-20/h1-16H,(H,27,33)(H,28,29). The number of nitro groups is 1. The van der Waals surface area contributed by atoms with Gasteiger partial charge in [-0.3, -0.25) is 30.3 Å². The molecule has 0 aliphatic carbocycles. The third-order valence-corrected chi connectivity index (χ3v) is 5.17. The average Bonchev–Trinajstić information content (AvgIpc) is 3.56. The van der Waals surface area contributed by atoms with Crippen LogP contribution in [0.15, 0.2) is 97.3 Å². The fourth-order valence-electron chi connectivity index (χ4n) is 3.45. The molecule has 35 heavy (non-hydrogen) atoms. The summed E-state index contributed by atoms with van der Waals surface area (Å²) in [6.45, 7) is 0. The number of carbonyl (C=O) groups excluding carboxylic acids is 1. The predicted octanol–water partition coefficient (Wildman–Crippen LogP) is 3.79. The number of amides is 1. The van der Waals surface area contributed by atoms with Gasteiger partial charge in [0, 0.05) is 23.9 Å². The number of benzene rings is 3. The zero-order valence-corrected chi connectivity index (χ0v) is 18.1. The van der Waals surface area contributed by atoms with Gasteiger partial charge in [0.1, 0.15) is 0 Å². The fourth-order valence-corrected chi connectivity index (χ4v) is 3.45. The first-order valence-electron chi connectivity index (χ1n) is 10.5. The Morgan fingerprint density at radius 1 is 0.857 bits per heavy atom. The summed E-state index contributed by atoms with van der Waals surface area (Å²) >= 11 is 0. The largest absolute Gasteiger partial charge is 0.272 e. The lowest BCUT2D eigenvalue weighted by molar-refractivity contribution is -0.384. The second-order valence-corrected chi connectivity index (χ2v) is 7.41. The maximum atomic E-state index is 12.8. The molecule has 5 aromatic rings. The number of rotatable bonds is 7. The first kappa shape index (κ1) is 21.5. The number of nitro benzene ring substituents is 1. The highest BCUT2D eigenvalue weighted by Gasteiger charge is 2.17. The van der Waals surface area contributed by atoms with Crippen LogP contribution in [-0.4, -0.2) is 35.4 Å². The van der Waals surface area contributed by atoms with E-state index in [2.05, 4.69) is 26.1 Å². The molecule has 0 fully saturated rings. The van der Waals surface area contributed by atoms with E-state index in [9.17, 15) is 14.9 Å². The molecule has 0 saturated carbocycles. The number of hydrogen-bond donors (Lipinski definition) is 2. The highest BCUT2D eigenvalue weighted by Crippen LogP contribution is 2.24. The zero-order chi connectivity index (χ0) is 24.2. The molecule has 2 aromatic heterocycles. The van der Waals surface area contributed by atoms with Gasteiger partial charge >= 0.3 is 0 Å². The molecule has 2 heterocycles. The van der Waals surface area contributed by atoms with E-state index in [4.69, 9.17) is 0 Å². The number of nitrogens with one attached hydrogen (secondary N) is 2. The zero-order valence-electron chi connectivity index (χ0n) is 18.1. The van der Waals surface area contributed by atoms with Gasteiger partial charge in [-0.25, -0.2) is 4.68 Å². The molecule has 0 radical (unpaired) electrons. The summed E-state index contributed by atoms with van der Waals surface area (Å²) in [5.74, 6) is 0.493. The Kier molecular flexibility index (Phi) is 5.70. The van der Waals surface area contributed by atoms with Crippen LogP contribution in [0.5, 0.6) is 0 Å². The van der Waals surface area contributed by atoms with Crippen molar-refractivity contribution < 1.29 is 9.72 Å². The van der Waals surface area contributed by atoms with Crippen LogP contribution in [-0.2, 0) is 0 Å². The maximum Gasteiger partial charge on any atom is 0.272 e. The number of non-ortho nitro benzene ring substituents is 1. The van der Waals surface area contributed by atoms with Crippen molar-refractivity contribution in [2.45, 2.75) is 0 Å². The third kappa shape index (κ3) is 4.46. The van der Waals surface area contributed by atoms with Gasteiger partial charge in [-0.1, -0.05) is 48.5 Å². The smallest absolute Gasteiger partial charge is 0.267 e. The van der Waals surface area contributed by atoms with Crippen molar-refractivity contribution in [2.75, 3.05) is 5.43 Å². The van der Waals surface area contributed by atoms with Crippen molar-refractivity contribution in [3.63, 3.8) is 0 Å². The lowest BCUT2D eigenvalue weighted by Gasteiger charge is -2.12. The van der Waals surface area contributed by atoms with Crippen molar-refractivity contribution in [3.05, 3.63) is 113 Å². The van der Waals surface area contributed by atoms with Crippen LogP contribution in [0.1, 0.15) is 10.4 Å². The maximum absolute atomic E-state index is 12.8. The van der Waals surface area contributed by atoms with Gasteiger partial charge in [0.15, 0.2) is 5.82 Å². The van der Waals surface area contributed by atoms with E-state index in [1.54, 1.807) is 16.7 Å². The lowest BCUT2D eigenvalue weighted by Crippen LogP contribution is -2.30. The van der Waals surface area contributed by atoms with Crippen molar-refractivity contribution in [3.8, 4) is 22.8 Å². The molecule has 1 amide bonds. The molecule has 0 bridgehead atoms. The topological polar surface area (TPSA) is 133 Å². The molecule has 172 valence electrons. The van der Waals surface area contributed by atoms with Crippen LogP contribution in [0.4, 0.5) is 11.6 Å². The molecular weight excluding hydrogens is 448 g/mol. The van der Waals surface area contributed by atoms with Gasteiger partial charge in [0.05, 0.1) is 28.1 Å². The van der Waals surface area contributed by atoms with Crippen molar-refractivity contribution >= 4 is 17.5 Å². The number of hydrazine groups is 1. The molecular formula is C24H18N8O3. The van der Waals surface area contributed by atoms with Crippen molar-refractivity contribution in [2.24, 2.45) is 0 Å². The van der Waals surface area contributed by atoms with E-state index in [-0.39, 0.29) is 11.3 Å². The summed E-state index contributed by atoms with van der Waals surface area (Å²) in [4.78, 5) is 23.1. The molecule has 0 unspecified atom stereocenters. The number of nitrogens with zero attached hydrogens (tertiary/aromatic N) is 6. The Morgan fingerprint density at radius 3 is 2.23 bits per heavy atom. The summed E-state index contributed by atoms with van der Waals surface area (Å²) in [6, 6.07) is 25.0. The van der Waals surface area contributed by atoms with Crippen LogP contribution in [0, 0.1) is 10.1 Å². The molecule has 11 heteroatoms. The van der Waals surface area contributed by atoms with Crippen LogP contribution >= 0.6 is 0 Å². The molecule has 3 aromatic carbocycles. The Morgan fingerprint density at radius 2 is 1.54 bits per heavy atom. The van der Waals surface area contributed by atoms with Gasteiger partial charge in [-0.05, 0) is 24.3 Å². The van der Waals surface area contributed by atoms with Crippen LogP contribution in [0.2, 0.25) is 0 Å². The molecule has 0 saturated heterocycles. The van der Waals surface area contributed by atoms with E-state index in [1.165, 1.54) is 29.2 Å². The fraction of sp³-hybridized carbons (Fsp3) is 0. The minimum atomic E-state index is -0.477. The summed E-state index contributed by atoms with van der Waals surface area (Å²) in [6.07, 6.45) is 2.92. The Labute approximate surface area is 198 Å². The number of carbonyl (C=O) groups is 1. The molecule has 11 nitrogen and oxygen atoms in total. The summed E-state index contributed by atoms with van der Waals surface area (Å²) in [7, 11) is 0. The van der Waals surface area contributed by atoms with E-state index in [0.717, 1.165) is 11.3 Å². The second-order valence-electron chi connectivity index (χ2n) is 7.41. The minimum absolute atomic E-state index is 0.0273. The normalized spacial score (nSPS) is 10.6. The predicted molar refractivity (Wildman–Crippen MR) is 128 cm³/mol. The first-order chi connectivity index (χ1) is 17.1. The number of hydrogen-bond acceptors (Lipinski definition) is 7. The van der Waals surface area contributed by atoms with Crippen LogP contribution < -0.4 is 10.9 Å². The van der Waals surface area contributed by atoms with E-state index >= 15 is 0 Å². The molecule has 5 rings (SSSR count). The van der Waals surface area contributed by atoms with Crippen LogP contribution in [0.25, 0.3) is 22.8 Å². The molecule has 0 aliphatic heterocycles. The van der Waals surface area contributed by atoms with Gasteiger partial charge in [-0.2, -0.15) is 5.10 Å². The van der Waals surface area contributed by atoms with E-state index in [1.807, 2.05) is 60.7 Å².